The van der Waals surface area contributed by atoms with Crippen LogP contribution in [-0.2, 0) is 0 Å². The highest BCUT2D eigenvalue weighted by atomic mass is 14.9. The van der Waals surface area contributed by atoms with Gasteiger partial charge in [0.2, 0.25) is 0 Å². The normalized spacial score (nSPS) is 12.6. The molecule has 0 bridgehead atoms. The molecule has 2 heterocycles. The van der Waals surface area contributed by atoms with E-state index >= 15 is 0 Å². The lowest BCUT2D eigenvalue weighted by atomic mass is 9.45. The van der Waals surface area contributed by atoms with Gasteiger partial charge in [0.05, 0.1) is 0 Å². The Hall–Kier alpha value is -6.64. The molecule has 9 aromatic carbocycles. The number of para-hydroxylation sites is 2. The van der Waals surface area contributed by atoms with Gasteiger partial charge in [-0.15, -0.1) is 0 Å². The number of hydrogen-bond acceptors (Lipinski definition) is 0. The van der Waals surface area contributed by atoms with E-state index < -0.39 is 0 Å². The van der Waals surface area contributed by atoms with Gasteiger partial charge >= 0.3 is 6.85 Å². The summed E-state index contributed by atoms with van der Waals surface area (Å²) in [5, 5.41) is 7.90. The van der Waals surface area contributed by atoms with E-state index in [1.807, 2.05) is 0 Å². The highest BCUT2D eigenvalue weighted by Crippen LogP contribution is 2.59. The second-order valence-corrected chi connectivity index (χ2v) is 15.7. The Labute approximate surface area is 321 Å². The first kappa shape index (κ1) is 30.8. The molecule has 2 heteroatoms. The molecular formula is C53H36BN. The van der Waals surface area contributed by atoms with E-state index in [-0.39, 0.29) is 6.85 Å². The molecule has 0 fully saturated rings. The van der Waals surface area contributed by atoms with Gasteiger partial charge in [0.1, 0.15) is 0 Å². The fourth-order valence-corrected chi connectivity index (χ4v) is 10.8. The SMILES string of the molecule is Cc1cc(C)c(B2c3cc4c5c(cccc5c3-c3cccc5c6ccccc6n2c35)-c2c-4c(-c3ccccc3)c3ccccc3c2-c2ccccc2)c(C)c1. The average molecular weight is 698 g/mol. The standard InChI is InChI=1S/C53H36BN/c1-31-28-32(2)52(33(3)29-31)54-44-30-43-48-40(49(44)42-26-14-23-39-36-20-12-13-27-45(36)55(54)53(39)42)24-15-25-41(48)50-46(34-16-6-4-7-17-34)37-21-10-11-22-38(37)47(51(43)50)35-18-8-5-9-19-35/h4-30H,1-3H3. The lowest BCUT2D eigenvalue weighted by molar-refractivity contribution is 1.29. The molecule has 0 unspecified atom stereocenters. The third-order valence-corrected chi connectivity index (χ3v) is 12.6. The van der Waals surface area contributed by atoms with Crippen LogP contribution in [0.15, 0.2) is 164 Å². The van der Waals surface area contributed by atoms with Crippen molar-refractivity contribution in [3.05, 3.63) is 180 Å². The molecule has 0 spiro atoms. The maximum atomic E-state index is 2.68. The minimum atomic E-state index is -0.00418. The van der Waals surface area contributed by atoms with E-state index in [2.05, 4.69) is 189 Å². The number of rotatable bonds is 3. The molecule has 0 N–H and O–H groups in total. The van der Waals surface area contributed by atoms with Gasteiger partial charge in [0.25, 0.3) is 0 Å². The average Bonchev–Trinajstić information content (AvgIpc) is 3.72. The summed E-state index contributed by atoms with van der Waals surface area (Å²) in [5.74, 6) is 0. The number of benzene rings is 9. The van der Waals surface area contributed by atoms with Gasteiger partial charge < -0.3 is 4.48 Å². The molecular weight excluding hydrogens is 661 g/mol. The third-order valence-electron chi connectivity index (χ3n) is 12.6. The van der Waals surface area contributed by atoms with Gasteiger partial charge in [0.15, 0.2) is 0 Å². The molecule has 0 saturated carbocycles. The fraction of sp³-hybridized carbons (Fsp3) is 0.0566. The molecule has 10 aromatic rings. The zero-order chi connectivity index (χ0) is 36.5. The maximum absolute atomic E-state index is 2.68. The number of nitrogens with zero attached hydrogens (tertiary/aromatic N) is 1. The molecule has 2 aliphatic rings. The summed E-state index contributed by atoms with van der Waals surface area (Å²) in [6, 6.07) is 61.7. The van der Waals surface area contributed by atoms with Crippen LogP contribution in [0.5, 0.6) is 0 Å². The highest BCUT2D eigenvalue weighted by molar-refractivity contribution is 6.88. The first-order valence-electron chi connectivity index (χ1n) is 19.5. The fourth-order valence-electron chi connectivity index (χ4n) is 10.8. The van der Waals surface area contributed by atoms with E-state index in [9.17, 15) is 0 Å². The third kappa shape index (κ3) is 4.04. The van der Waals surface area contributed by atoms with Crippen molar-refractivity contribution in [1.82, 2.24) is 4.48 Å². The Kier molecular flexibility index (Phi) is 6.27. The van der Waals surface area contributed by atoms with E-state index in [1.54, 1.807) is 0 Å². The molecule has 0 radical (unpaired) electrons. The highest BCUT2D eigenvalue weighted by Gasteiger charge is 2.40. The maximum Gasteiger partial charge on any atom is 0.329 e. The molecule has 1 nitrogen and oxygen atoms in total. The molecule has 0 atom stereocenters. The van der Waals surface area contributed by atoms with Crippen LogP contribution in [0.3, 0.4) is 0 Å². The Morgan fingerprint density at radius 1 is 0.400 bits per heavy atom. The Bertz CT molecular complexity index is 3260. The number of fused-ring (bicyclic) bond motifs is 10. The molecule has 1 aliphatic heterocycles. The van der Waals surface area contributed by atoms with Crippen molar-refractivity contribution >= 4 is 61.1 Å². The zero-order valence-electron chi connectivity index (χ0n) is 31.1. The van der Waals surface area contributed by atoms with Crippen LogP contribution in [0.25, 0.3) is 99.0 Å². The molecule has 0 amide bonds. The molecule has 55 heavy (non-hydrogen) atoms. The summed E-state index contributed by atoms with van der Waals surface area (Å²) in [4.78, 5) is 0. The lowest BCUT2D eigenvalue weighted by Gasteiger charge is -2.31. The summed E-state index contributed by atoms with van der Waals surface area (Å²) < 4.78 is 2.68. The summed E-state index contributed by atoms with van der Waals surface area (Å²) in [5.41, 5.74) is 22.5. The largest absolute Gasteiger partial charge is 0.375 e. The minimum absolute atomic E-state index is 0.00418. The molecule has 256 valence electrons. The predicted molar refractivity (Wildman–Crippen MR) is 236 cm³/mol. The summed E-state index contributed by atoms with van der Waals surface area (Å²) in [7, 11) is 0. The van der Waals surface area contributed by atoms with Crippen LogP contribution in [0.2, 0.25) is 0 Å². The first-order chi connectivity index (χ1) is 27.1. The molecule has 1 aromatic heterocycles. The van der Waals surface area contributed by atoms with E-state index in [4.69, 9.17) is 0 Å². The van der Waals surface area contributed by atoms with Crippen molar-refractivity contribution in [2.75, 3.05) is 0 Å². The monoisotopic (exact) mass is 697 g/mol. The van der Waals surface area contributed by atoms with Gasteiger partial charge in [-0.3, -0.25) is 0 Å². The second kappa shape index (κ2) is 11.2. The minimum Gasteiger partial charge on any atom is -0.375 e. The Balaban J connectivity index is 1.31. The van der Waals surface area contributed by atoms with Crippen molar-refractivity contribution in [2.45, 2.75) is 20.8 Å². The van der Waals surface area contributed by atoms with Crippen LogP contribution in [0.1, 0.15) is 16.7 Å². The smallest absolute Gasteiger partial charge is 0.329 e. The van der Waals surface area contributed by atoms with Crippen LogP contribution in [0, 0.1) is 20.8 Å². The summed E-state index contributed by atoms with van der Waals surface area (Å²) in [6.07, 6.45) is 0. The van der Waals surface area contributed by atoms with Gasteiger partial charge in [0, 0.05) is 27.4 Å². The molecule has 1 aliphatic carbocycles. The first-order valence-corrected chi connectivity index (χ1v) is 19.5. The topological polar surface area (TPSA) is 4.93 Å². The number of aryl methyl sites for hydroxylation is 3. The van der Waals surface area contributed by atoms with Crippen molar-refractivity contribution < 1.29 is 0 Å². The quantitative estimate of drug-likeness (QED) is 0.162. The lowest BCUT2D eigenvalue weighted by Crippen LogP contribution is -2.53. The van der Waals surface area contributed by atoms with Gasteiger partial charge in [-0.05, 0) is 109 Å². The zero-order valence-corrected chi connectivity index (χ0v) is 31.1. The summed E-state index contributed by atoms with van der Waals surface area (Å²) in [6.45, 7) is 6.86. The van der Waals surface area contributed by atoms with E-state index in [1.165, 1.54) is 127 Å². The van der Waals surface area contributed by atoms with Crippen molar-refractivity contribution in [3.63, 3.8) is 0 Å². The van der Waals surface area contributed by atoms with Crippen LogP contribution in [-0.4, -0.2) is 11.3 Å². The van der Waals surface area contributed by atoms with Gasteiger partial charge in [-0.1, -0.05) is 174 Å². The molecule has 12 rings (SSSR count). The van der Waals surface area contributed by atoms with Crippen LogP contribution in [0.4, 0.5) is 0 Å². The summed E-state index contributed by atoms with van der Waals surface area (Å²) >= 11 is 0. The van der Waals surface area contributed by atoms with E-state index in [0.717, 1.165) is 0 Å². The Morgan fingerprint density at radius 2 is 0.927 bits per heavy atom. The number of aromatic nitrogens is 1. The van der Waals surface area contributed by atoms with Gasteiger partial charge in [-0.25, -0.2) is 0 Å². The van der Waals surface area contributed by atoms with Crippen LogP contribution >= 0.6 is 0 Å². The predicted octanol–water partition coefficient (Wildman–Crippen LogP) is 12.6. The van der Waals surface area contributed by atoms with Crippen LogP contribution < -0.4 is 10.9 Å². The van der Waals surface area contributed by atoms with Crippen molar-refractivity contribution in [3.8, 4) is 55.6 Å². The Morgan fingerprint density at radius 3 is 1.58 bits per heavy atom. The van der Waals surface area contributed by atoms with Gasteiger partial charge in [-0.2, -0.15) is 0 Å². The van der Waals surface area contributed by atoms with E-state index in [0.29, 0.717) is 0 Å². The second-order valence-electron chi connectivity index (χ2n) is 15.7. The molecule has 0 saturated heterocycles. The van der Waals surface area contributed by atoms with Crippen molar-refractivity contribution in [1.29, 1.82) is 0 Å². The number of hydrogen-bond donors (Lipinski definition) is 0. The van der Waals surface area contributed by atoms with Crippen molar-refractivity contribution in [2.24, 2.45) is 0 Å².